The Labute approximate surface area is 176 Å². The molecule has 0 aliphatic heterocycles. The average Bonchev–Trinajstić information content (AvgIpc) is 2.61. The molecular formula is C21H17NaO3S. The molecule has 0 heterocycles. The summed E-state index contributed by atoms with van der Waals surface area (Å²) in [6.07, 6.45) is 0. The minimum atomic E-state index is -4.35. The van der Waals surface area contributed by atoms with Crippen molar-refractivity contribution in [2.45, 2.75) is 5.25 Å². The van der Waals surface area contributed by atoms with Gasteiger partial charge in [-0.1, -0.05) is 84.9 Å². The van der Waals surface area contributed by atoms with Gasteiger partial charge >= 0.3 is 29.6 Å². The van der Waals surface area contributed by atoms with E-state index in [1.54, 1.807) is 12.1 Å². The first-order valence-electron chi connectivity index (χ1n) is 7.97. The van der Waals surface area contributed by atoms with Gasteiger partial charge in [0.25, 0.3) is 10.1 Å². The van der Waals surface area contributed by atoms with Crippen LogP contribution in [0.4, 0.5) is 0 Å². The minimum absolute atomic E-state index is 0. The van der Waals surface area contributed by atoms with Crippen LogP contribution in [0.3, 0.4) is 0 Å². The van der Waals surface area contributed by atoms with Crippen LogP contribution in [-0.2, 0) is 10.1 Å². The molecule has 0 unspecified atom stereocenters. The second-order valence-corrected chi connectivity index (χ2v) is 7.53. The molecule has 3 nitrogen and oxygen atoms in total. The molecule has 0 radical (unpaired) electrons. The smallest absolute Gasteiger partial charge is 1.00 e. The molecule has 0 aliphatic rings. The van der Waals surface area contributed by atoms with Crippen LogP contribution in [0.5, 0.6) is 0 Å². The quantitative estimate of drug-likeness (QED) is 0.443. The standard InChI is InChI=1S/C21H16O3S.Na.H/c22-25(23,24)21(19-13-5-9-15-7-1-3-11-17(15)19)20-14-6-10-16-8-2-4-12-18(16)20;;/h1-14,21H,(H,22,23,24);;/q;+1;-1. The Morgan fingerprint density at radius 2 is 1.04 bits per heavy atom. The molecular weight excluding hydrogens is 355 g/mol. The van der Waals surface area contributed by atoms with Crippen molar-refractivity contribution >= 4 is 31.7 Å². The van der Waals surface area contributed by atoms with E-state index in [2.05, 4.69) is 0 Å². The first-order chi connectivity index (χ1) is 12.1. The Bertz CT molecular complexity index is 1100. The van der Waals surface area contributed by atoms with Gasteiger partial charge in [-0.15, -0.1) is 0 Å². The summed E-state index contributed by atoms with van der Waals surface area (Å²) < 4.78 is 34.8. The predicted molar refractivity (Wildman–Crippen MR) is 102 cm³/mol. The van der Waals surface area contributed by atoms with Crippen molar-refractivity contribution in [2.75, 3.05) is 0 Å². The molecule has 0 saturated carbocycles. The zero-order chi connectivity index (χ0) is 17.4. The van der Waals surface area contributed by atoms with Gasteiger partial charge in [-0.3, -0.25) is 4.55 Å². The van der Waals surface area contributed by atoms with Gasteiger partial charge in [0.15, 0.2) is 0 Å². The fourth-order valence-corrected chi connectivity index (χ4v) is 4.50. The molecule has 0 fully saturated rings. The largest absolute Gasteiger partial charge is 1.00 e. The van der Waals surface area contributed by atoms with E-state index in [9.17, 15) is 13.0 Å². The summed E-state index contributed by atoms with van der Waals surface area (Å²) in [4.78, 5) is 0. The molecule has 0 aromatic heterocycles. The normalized spacial score (nSPS) is 11.6. The Balaban J connectivity index is 0.00000131. The molecule has 5 heteroatoms. The number of hydrogen-bond acceptors (Lipinski definition) is 2. The first kappa shape index (κ1) is 19.1. The van der Waals surface area contributed by atoms with Crippen molar-refractivity contribution in [1.29, 1.82) is 0 Å². The zero-order valence-electron chi connectivity index (χ0n) is 15.3. The molecule has 26 heavy (non-hydrogen) atoms. The Morgan fingerprint density at radius 3 is 1.46 bits per heavy atom. The molecule has 4 aromatic carbocycles. The summed E-state index contributed by atoms with van der Waals surface area (Å²) in [5, 5.41) is 2.38. The van der Waals surface area contributed by atoms with E-state index < -0.39 is 15.4 Å². The average molecular weight is 372 g/mol. The number of rotatable bonds is 3. The first-order valence-corrected chi connectivity index (χ1v) is 9.47. The molecule has 0 bridgehead atoms. The summed E-state index contributed by atoms with van der Waals surface area (Å²) in [6.45, 7) is 0. The Hall–Kier alpha value is -1.69. The number of hydrogen-bond donors (Lipinski definition) is 1. The van der Waals surface area contributed by atoms with Crippen molar-refractivity contribution in [2.24, 2.45) is 0 Å². The van der Waals surface area contributed by atoms with Gasteiger partial charge in [-0.05, 0) is 32.7 Å². The number of fused-ring (bicyclic) bond motifs is 2. The van der Waals surface area contributed by atoms with Gasteiger partial charge in [-0.25, -0.2) is 0 Å². The van der Waals surface area contributed by atoms with Gasteiger partial charge in [0.1, 0.15) is 5.25 Å². The van der Waals surface area contributed by atoms with Crippen molar-refractivity contribution in [1.82, 2.24) is 0 Å². The SMILES string of the molecule is O=S(=O)(O)C(c1cccc2ccccc12)c1cccc2ccccc12.[H-].[Na+]. The van der Waals surface area contributed by atoms with E-state index in [4.69, 9.17) is 0 Å². The summed E-state index contributed by atoms with van der Waals surface area (Å²) in [5.74, 6) is 0. The molecule has 0 atom stereocenters. The van der Waals surface area contributed by atoms with Crippen LogP contribution in [0.15, 0.2) is 84.9 Å². The zero-order valence-corrected chi connectivity index (χ0v) is 17.1. The molecule has 0 saturated heterocycles. The summed E-state index contributed by atoms with van der Waals surface area (Å²) in [7, 11) is -4.35. The summed E-state index contributed by atoms with van der Waals surface area (Å²) in [5.41, 5.74) is 1.16. The van der Waals surface area contributed by atoms with E-state index >= 15 is 0 Å². The van der Waals surface area contributed by atoms with Gasteiger partial charge in [0.05, 0.1) is 0 Å². The third kappa shape index (κ3) is 3.43. The van der Waals surface area contributed by atoms with Crippen molar-refractivity contribution in [3.63, 3.8) is 0 Å². The molecule has 4 aromatic rings. The third-order valence-corrected chi connectivity index (χ3v) is 5.61. The van der Waals surface area contributed by atoms with Gasteiger partial charge in [0, 0.05) is 0 Å². The second-order valence-electron chi connectivity index (χ2n) is 6.03. The maximum atomic E-state index is 12.4. The fraction of sp³-hybridized carbons (Fsp3) is 0.0476. The summed E-state index contributed by atoms with van der Waals surface area (Å²) in [6, 6.07) is 26.2. The van der Waals surface area contributed by atoms with Crippen LogP contribution < -0.4 is 29.6 Å². The minimum Gasteiger partial charge on any atom is -1.00 e. The number of benzene rings is 4. The second kappa shape index (κ2) is 7.51. The van der Waals surface area contributed by atoms with Gasteiger partial charge < -0.3 is 1.43 Å². The molecule has 1 N–H and O–H groups in total. The molecule has 0 aliphatic carbocycles. The van der Waals surface area contributed by atoms with E-state index in [-0.39, 0.29) is 31.0 Å². The van der Waals surface area contributed by atoms with Crippen molar-refractivity contribution in [3.05, 3.63) is 96.1 Å². The van der Waals surface area contributed by atoms with Gasteiger partial charge in [0.2, 0.25) is 0 Å². The third-order valence-electron chi connectivity index (χ3n) is 4.51. The monoisotopic (exact) mass is 372 g/mol. The fourth-order valence-electron chi connectivity index (χ4n) is 3.45. The van der Waals surface area contributed by atoms with E-state index in [1.165, 1.54) is 0 Å². The molecule has 126 valence electrons. The topological polar surface area (TPSA) is 54.4 Å². The molecule has 4 rings (SSSR count). The molecule has 0 spiro atoms. The van der Waals surface area contributed by atoms with Crippen molar-refractivity contribution in [3.8, 4) is 0 Å². The van der Waals surface area contributed by atoms with Gasteiger partial charge in [-0.2, -0.15) is 8.42 Å². The van der Waals surface area contributed by atoms with Crippen LogP contribution in [0, 0.1) is 0 Å². The van der Waals surface area contributed by atoms with Crippen LogP contribution in [-0.4, -0.2) is 13.0 Å². The molecule has 0 amide bonds. The van der Waals surface area contributed by atoms with E-state index in [0.29, 0.717) is 11.1 Å². The Kier molecular flexibility index (Phi) is 5.51. The Morgan fingerprint density at radius 1 is 0.654 bits per heavy atom. The van der Waals surface area contributed by atoms with Crippen LogP contribution in [0.2, 0.25) is 0 Å². The van der Waals surface area contributed by atoms with E-state index in [0.717, 1.165) is 21.5 Å². The predicted octanol–water partition coefficient (Wildman–Crippen LogP) is 2.09. The van der Waals surface area contributed by atoms with Crippen LogP contribution in [0.25, 0.3) is 21.5 Å². The van der Waals surface area contributed by atoms with E-state index in [1.807, 2.05) is 72.8 Å². The van der Waals surface area contributed by atoms with Crippen LogP contribution in [0.1, 0.15) is 17.8 Å². The summed E-state index contributed by atoms with van der Waals surface area (Å²) >= 11 is 0. The maximum absolute atomic E-state index is 12.4. The maximum Gasteiger partial charge on any atom is 1.00 e. The van der Waals surface area contributed by atoms with Crippen molar-refractivity contribution < 1.29 is 44.0 Å². The van der Waals surface area contributed by atoms with Crippen LogP contribution >= 0.6 is 0 Å².